The number of hydrogen-bond donors (Lipinski definition) is 4. The van der Waals surface area contributed by atoms with E-state index in [9.17, 15) is 19.8 Å². The molecular weight excluding hydrogens is 752 g/mol. The molecule has 15 heteroatoms. The number of aliphatic hydroxyl groups is 1. The van der Waals surface area contributed by atoms with Gasteiger partial charge in [-0.1, -0.05) is 53.5 Å². The second-order valence-electron chi connectivity index (χ2n) is 15.1. The van der Waals surface area contributed by atoms with E-state index >= 15 is 4.39 Å². The first-order valence-electron chi connectivity index (χ1n) is 18.3. The predicted molar refractivity (Wildman–Crippen MR) is 203 cm³/mol. The van der Waals surface area contributed by atoms with Gasteiger partial charge in [0, 0.05) is 62.5 Å². The minimum Gasteiger partial charge on any atom is -0.496 e. The lowest BCUT2D eigenvalue weighted by atomic mass is 9.86. The van der Waals surface area contributed by atoms with E-state index in [1.165, 1.54) is 7.11 Å². The van der Waals surface area contributed by atoms with Crippen LogP contribution in [0.1, 0.15) is 64.1 Å². The summed E-state index contributed by atoms with van der Waals surface area (Å²) in [5.74, 6) is -1.46. The average Bonchev–Trinajstić information content (AvgIpc) is 3.75. The number of imidazole rings is 1. The molecule has 55 heavy (non-hydrogen) atoms. The molecule has 3 aromatic carbocycles. The number of rotatable bonds is 13. The number of halogens is 3. The lowest BCUT2D eigenvalue weighted by molar-refractivity contribution is -0.149. The van der Waals surface area contributed by atoms with Gasteiger partial charge in [-0.2, -0.15) is 0 Å². The minimum atomic E-state index is -1.06. The van der Waals surface area contributed by atoms with Crippen molar-refractivity contribution in [2.45, 2.75) is 56.8 Å². The topological polar surface area (TPSA) is 147 Å². The van der Waals surface area contributed by atoms with E-state index in [0.717, 1.165) is 46.6 Å². The number of aliphatic carboxylic acids is 1. The summed E-state index contributed by atoms with van der Waals surface area (Å²) in [7, 11) is 3.26. The van der Waals surface area contributed by atoms with Crippen molar-refractivity contribution in [3.8, 4) is 22.6 Å². The van der Waals surface area contributed by atoms with Crippen LogP contribution in [0.5, 0.6) is 11.5 Å². The summed E-state index contributed by atoms with van der Waals surface area (Å²) in [6.07, 6.45) is 2.48. The van der Waals surface area contributed by atoms with Crippen molar-refractivity contribution in [3.63, 3.8) is 0 Å². The standard InChI is InChI=1S/C40H42Cl2FN5O7/c1-47-29-11-14-48(18-39(19-49)20-54-21-39)17-28(29)45-36(47)37(50)46-27-8-4-7-25(33(27)41)22-5-3-6-24-23(22)9-10-30(24)55-32-15-31(53-2)26(35(43)34(32)42)16-44-40(12-13-40)38(51)52/h3-8,15,30,44,49H,9-14,16-21H2,1-2H3,(H,46,50)(H,51,52). The highest BCUT2D eigenvalue weighted by Gasteiger charge is 2.50. The van der Waals surface area contributed by atoms with E-state index in [1.807, 2.05) is 41.9 Å². The number of carbonyl (C=O) groups is 2. The van der Waals surface area contributed by atoms with E-state index in [1.54, 1.807) is 12.1 Å². The molecule has 2 aliphatic carbocycles. The zero-order valence-corrected chi connectivity index (χ0v) is 32.0. The molecule has 0 bridgehead atoms. The molecule has 1 amide bonds. The number of methoxy groups -OCH3 is 1. The predicted octanol–water partition coefficient (Wildman–Crippen LogP) is 5.93. The molecule has 1 aromatic heterocycles. The maximum absolute atomic E-state index is 15.7. The van der Waals surface area contributed by atoms with E-state index in [0.29, 0.717) is 68.5 Å². The average molecular weight is 795 g/mol. The van der Waals surface area contributed by atoms with E-state index < -0.39 is 23.4 Å². The van der Waals surface area contributed by atoms with Gasteiger partial charge in [-0.25, -0.2) is 9.37 Å². The third-order valence-electron chi connectivity index (χ3n) is 11.5. The minimum absolute atomic E-state index is 0.0666. The van der Waals surface area contributed by atoms with E-state index in [2.05, 4.69) is 15.5 Å². The summed E-state index contributed by atoms with van der Waals surface area (Å²) in [5.41, 5.74) is 4.69. The molecule has 4 aliphatic rings. The summed E-state index contributed by atoms with van der Waals surface area (Å²) in [4.78, 5) is 32.3. The van der Waals surface area contributed by atoms with Gasteiger partial charge in [0.2, 0.25) is 0 Å². The first-order valence-corrected chi connectivity index (χ1v) is 19.1. The highest BCUT2D eigenvalue weighted by Crippen LogP contribution is 2.46. The van der Waals surface area contributed by atoms with E-state index in [-0.39, 0.29) is 46.6 Å². The van der Waals surface area contributed by atoms with Gasteiger partial charge in [0.15, 0.2) is 11.6 Å². The second-order valence-corrected chi connectivity index (χ2v) is 15.8. The van der Waals surface area contributed by atoms with Crippen molar-refractivity contribution in [1.82, 2.24) is 19.8 Å². The molecule has 2 aliphatic heterocycles. The normalized spacial score (nSPS) is 19.3. The van der Waals surface area contributed by atoms with Crippen LogP contribution in [0.15, 0.2) is 42.5 Å². The highest BCUT2D eigenvalue weighted by molar-refractivity contribution is 6.36. The van der Waals surface area contributed by atoms with Crippen LogP contribution in [-0.4, -0.2) is 82.1 Å². The molecule has 290 valence electrons. The molecule has 1 atom stereocenters. The summed E-state index contributed by atoms with van der Waals surface area (Å²) in [5, 5.41) is 25.5. The zero-order valence-electron chi connectivity index (χ0n) is 30.5. The van der Waals surface area contributed by atoms with Crippen LogP contribution in [0, 0.1) is 11.2 Å². The molecule has 2 fully saturated rings. The van der Waals surface area contributed by atoms with Crippen LogP contribution in [-0.2, 0) is 42.5 Å². The van der Waals surface area contributed by atoms with Crippen molar-refractivity contribution in [2.75, 3.05) is 45.3 Å². The third kappa shape index (κ3) is 6.85. The number of anilines is 1. The lowest BCUT2D eigenvalue weighted by Gasteiger charge is -2.44. The number of carboxylic acids is 1. The van der Waals surface area contributed by atoms with Gasteiger partial charge in [-0.05, 0) is 48.4 Å². The van der Waals surface area contributed by atoms with Crippen molar-refractivity contribution >= 4 is 40.8 Å². The molecule has 1 unspecified atom stereocenters. The number of nitrogens with one attached hydrogen (secondary N) is 2. The number of hydrogen-bond acceptors (Lipinski definition) is 9. The third-order valence-corrected chi connectivity index (χ3v) is 12.2. The van der Waals surface area contributed by atoms with Gasteiger partial charge in [0.1, 0.15) is 28.2 Å². The summed E-state index contributed by atoms with van der Waals surface area (Å²) in [6.45, 7) is 3.19. The highest BCUT2D eigenvalue weighted by atomic mass is 35.5. The largest absolute Gasteiger partial charge is 0.496 e. The molecule has 3 heterocycles. The SMILES string of the molecule is COc1cc(OC2CCc3c(-c4cccc(NC(=O)c5nc6c(n5C)CCN(CC5(CO)COC5)C6)c4Cl)cccc32)c(Cl)c(F)c1CNC1(C(=O)O)CC1. The monoisotopic (exact) mass is 793 g/mol. The first-order chi connectivity index (χ1) is 26.5. The van der Waals surface area contributed by atoms with E-state index in [4.69, 9.17) is 42.4 Å². The molecule has 4 aromatic rings. The van der Waals surface area contributed by atoms with Gasteiger partial charge in [-0.3, -0.25) is 19.8 Å². The van der Waals surface area contributed by atoms with Crippen LogP contribution in [0.4, 0.5) is 10.1 Å². The number of nitrogens with zero attached hydrogens (tertiary/aromatic N) is 3. The number of fused-ring (bicyclic) bond motifs is 2. The maximum atomic E-state index is 15.7. The Morgan fingerprint density at radius 3 is 2.55 bits per heavy atom. The van der Waals surface area contributed by atoms with Crippen LogP contribution in [0.2, 0.25) is 10.0 Å². The van der Waals surface area contributed by atoms with Crippen LogP contribution < -0.4 is 20.1 Å². The zero-order chi connectivity index (χ0) is 38.6. The second kappa shape index (κ2) is 14.7. The first kappa shape index (κ1) is 37.7. The summed E-state index contributed by atoms with van der Waals surface area (Å²) >= 11 is 13.6. The lowest BCUT2D eigenvalue weighted by Crippen LogP contribution is -2.54. The Morgan fingerprint density at radius 1 is 1.09 bits per heavy atom. The number of carbonyl (C=O) groups excluding carboxylic acids is 1. The Morgan fingerprint density at radius 2 is 1.85 bits per heavy atom. The molecule has 4 N–H and O–H groups in total. The number of aliphatic hydroxyl groups excluding tert-OH is 1. The number of carboxylic acid groups (broad SMARTS) is 1. The molecule has 1 saturated carbocycles. The van der Waals surface area contributed by atoms with Crippen molar-refractivity contribution in [3.05, 3.63) is 92.2 Å². The molecular formula is C40H42Cl2FN5O7. The maximum Gasteiger partial charge on any atom is 0.323 e. The van der Waals surface area contributed by atoms with Crippen LogP contribution in [0.3, 0.4) is 0 Å². The fourth-order valence-electron chi connectivity index (χ4n) is 8.08. The Hall–Kier alpha value is -4.24. The Labute approximate surface area is 327 Å². The fourth-order valence-corrected chi connectivity index (χ4v) is 8.56. The van der Waals surface area contributed by atoms with Crippen LogP contribution in [0.25, 0.3) is 11.1 Å². The van der Waals surface area contributed by atoms with Gasteiger partial charge >= 0.3 is 5.97 Å². The Balaban J connectivity index is 0.990. The number of aromatic nitrogens is 2. The molecule has 12 nitrogen and oxygen atoms in total. The number of benzene rings is 3. The van der Waals surface area contributed by atoms with Gasteiger partial charge in [0.25, 0.3) is 5.91 Å². The fraction of sp³-hybridized carbons (Fsp3) is 0.425. The summed E-state index contributed by atoms with van der Waals surface area (Å²) < 4.78 is 34.7. The molecule has 0 spiro atoms. The van der Waals surface area contributed by atoms with Gasteiger partial charge < -0.3 is 34.3 Å². The molecule has 0 radical (unpaired) electrons. The van der Waals surface area contributed by atoms with Gasteiger partial charge in [0.05, 0.1) is 48.7 Å². The Kier molecular flexibility index (Phi) is 10.1. The van der Waals surface area contributed by atoms with Crippen molar-refractivity contribution in [1.29, 1.82) is 0 Å². The molecule has 8 rings (SSSR count). The number of amides is 1. The quantitative estimate of drug-likeness (QED) is 0.128. The van der Waals surface area contributed by atoms with Crippen molar-refractivity contribution in [2.24, 2.45) is 12.5 Å². The van der Waals surface area contributed by atoms with Crippen molar-refractivity contribution < 1.29 is 38.4 Å². The molecule has 1 saturated heterocycles. The van der Waals surface area contributed by atoms with Crippen LogP contribution >= 0.6 is 23.2 Å². The van der Waals surface area contributed by atoms with Gasteiger partial charge in [-0.15, -0.1) is 0 Å². The summed E-state index contributed by atoms with van der Waals surface area (Å²) in [6, 6.07) is 12.9. The smallest absolute Gasteiger partial charge is 0.323 e. The Bertz CT molecular complexity index is 2180. The number of ether oxygens (including phenoxy) is 3.